The molecule has 0 bridgehead atoms. The minimum absolute atomic E-state index is 0.0646. The van der Waals surface area contributed by atoms with Gasteiger partial charge in [-0.25, -0.2) is 8.78 Å². The second-order valence-electron chi connectivity index (χ2n) is 5.10. The molecule has 0 aromatic heterocycles. The summed E-state index contributed by atoms with van der Waals surface area (Å²) >= 11 is 0. The first-order chi connectivity index (χ1) is 7.07. The highest BCUT2D eigenvalue weighted by Gasteiger charge is 2.37. The largest absolute Gasteiger partial charge is 0.299 e. The molecular formula is C12H18F2O. The van der Waals surface area contributed by atoms with Crippen LogP contribution >= 0.6 is 0 Å². The number of hydrogen-bond donors (Lipinski definition) is 0. The highest BCUT2D eigenvalue weighted by atomic mass is 19.3. The second kappa shape index (κ2) is 4.18. The van der Waals surface area contributed by atoms with Crippen LogP contribution in [-0.4, -0.2) is 11.7 Å². The number of rotatable bonds is 3. The summed E-state index contributed by atoms with van der Waals surface area (Å²) in [4.78, 5) is 11.8. The van der Waals surface area contributed by atoms with E-state index in [9.17, 15) is 13.6 Å². The summed E-state index contributed by atoms with van der Waals surface area (Å²) in [6.45, 7) is 0. The Morgan fingerprint density at radius 2 is 1.73 bits per heavy atom. The molecule has 0 unspecified atom stereocenters. The van der Waals surface area contributed by atoms with Crippen molar-refractivity contribution in [1.29, 1.82) is 0 Å². The van der Waals surface area contributed by atoms with E-state index < -0.39 is 5.92 Å². The van der Waals surface area contributed by atoms with Crippen LogP contribution in [0.5, 0.6) is 0 Å². The molecule has 15 heavy (non-hydrogen) atoms. The number of ketones is 1. The maximum absolute atomic E-state index is 12.9. The molecule has 2 rings (SSSR count). The minimum atomic E-state index is -2.51. The Labute approximate surface area is 89.2 Å². The van der Waals surface area contributed by atoms with Gasteiger partial charge >= 0.3 is 0 Å². The normalized spacial score (nSPS) is 27.3. The highest BCUT2D eigenvalue weighted by molar-refractivity contribution is 5.81. The van der Waals surface area contributed by atoms with Gasteiger partial charge in [-0.15, -0.1) is 0 Å². The van der Waals surface area contributed by atoms with Crippen molar-refractivity contribution in [1.82, 2.24) is 0 Å². The maximum Gasteiger partial charge on any atom is 0.248 e. The lowest BCUT2D eigenvalue weighted by Gasteiger charge is -2.30. The molecule has 2 saturated carbocycles. The van der Waals surface area contributed by atoms with Crippen molar-refractivity contribution in [2.75, 3.05) is 0 Å². The van der Waals surface area contributed by atoms with Gasteiger partial charge in [0.05, 0.1) is 0 Å². The van der Waals surface area contributed by atoms with E-state index in [1.165, 1.54) is 6.42 Å². The van der Waals surface area contributed by atoms with Gasteiger partial charge < -0.3 is 0 Å². The lowest BCUT2D eigenvalue weighted by atomic mass is 9.76. The predicted octanol–water partition coefficient (Wildman–Crippen LogP) is 3.57. The highest BCUT2D eigenvalue weighted by Crippen LogP contribution is 2.38. The molecule has 0 spiro atoms. The fourth-order valence-electron chi connectivity index (χ4n) is 2.51. The second-order valence-corrected chi connectivity index (χ2v) is 5.10. The van der Waals surface area contributed by atoms with Gasteiger partial charge in [0, 0.05) is 25.2 Å². The van der Waals surface area contributed by atoms with Crippen LogP contribution in [0.1, 0.15) is 51.4 Å². The van der Waals surface area contributed by atoms with Crippen molar-refractivity contribution in [3.8, 4) is 0 Å². The smallest absolute Gasteiger partial charge is 0.248 e. The van der Waals surface area contributed by atoms with E-state index in [1.807, 2.05) is 0 Å². The Hall–Kier alpha value is -0.470. The summed E-state index contributed by atoms with van der Waals surface area (Å²) in [6.07, 6.45) is 4.83. The lowest BCUT2D eigenvalue weighted by molar-refractivity contribution is -0.128. The van der Waals surface area contributed by atoms with Crippen molar-refractivity contribution in [2.24, 2.45) is 11.8 Å². The fraction of sp³-hybridized carbons (Fsp3) is 0.917. The molecule has 0 aromatic carbocycles. The zero-order valence-electron chi connectivity index (χ0n) is 8.98. The Kier molecular flexibility index (Phi) is 3.08. The van der Waals surface area contributed by atoms with E-state index in [1.54, 1.807) is 0 Å². The Balaban J connectivity index is 1.76. The first-order valence-electron chi connectivity index (χ1n) is 5.97. The van der Waals surface area contributed by atoms with Gasteiger partial charge in [-0.2, -0.15) is 0 Å². The average Bonchev–Trinajstić information content (AvgIpc) is 2.11. The monoisotopic (exact) mass is 216 g/mol. The summed E-state index contributed by atoms with van der Waals surface area (Å²) in [7, 11) is 0. The molecule has 2 fully saturated rings. The third kappa shape index (κ3) is 2.76. The van der Waals surface area contributed by atoms with Crippen LogP contribution in [0.2, 0.25) is 0 Å². The van der Waals surface area contributed by atoms with E-state index in [0.29, 0.717) is 25.2 Å². The molecule has 2 aliphatic carbocycles. The average molecular weight is 216 g/mol. The SMILES string of the molecule is O=C(CC1CCC1)C1CCC(F)(F)CC1. The first-order valence-corrected chi connectivity index (χ1v) is 5.97. The predicted molar refractivity (Wildman–Crippen MR) is 53.9 cm³/mol. The number of carbonyl (C=O) groups is 1. The molecule has 0 heterocycles. The number of halogens is 2. The van der Waals surface area contributed by atoms with Gasteiger partial charge in [-0.05, 0) is 18.8 Å². The number of Topliss-reactive ketones (excluding diaryl/α,β-unsaturated/α-hetero) is 1. The summed E-state index contributed by atoms with van der Waals surface area (Å²) in [5, 5.41) is 0. The van der Waals surface area contributed by atoms with Crippen molar-refractivity contribution in [2.45, 2.75) is 57.3 Å². The molecule has 0 aliphatic heterocycles. The first kappa shape index (κ1) is 11.0. The number of carbonyl (C=O) groups excluding carboxylic acids is 1. The van der Waals surface area contributed by atoms with Crippen LogP contribution in [-0.2, 0) is 4.79 Å². The number of hydrogen-bond acceptors (Lipinski definition) is 1. The van der Waals surface area contributed by atoms with Crippen LogP contribution in [0.15, 0.2) is 0 Å². The van der Waals surface area contributed by atoms with Crippen molar-refractivity contribution >= 4 is 5.78 Å². The third-order valence-electron chi connectivity index (χ3n) is 3.89. The summed E-state index contributed by atoms with van der Waals surface area (Å²) < 4.78 is 25.7. The van der Waals surface area contributed by atoms with E-state index in [0.717, 1.165) is 12.8 Å². The van der Waals surface area contributed by atoms with Gasteiger partial charge in [0.1, 0.15) is 5.78 Å². The third-order valence-corrected chi connectivity index (χ3v) is 3.89. The maximum atomic E-state index is 12.9. The van der Waals surface area contributed by atoms with Gasteiger partial charge in [-0.3, -0.25) is 4.79 Å². The Morgan fingerprint density at radius 3 is 2.20 bits per heavy atom. The van der Waals surface area contributed by atoms with E-state index in [4.69, 9.17) is 0 Å². The summed E-state index contributed by atoms with van der Waals surface area (Å²) in [5.41, 5.74) is 0. The van der Waals surface area contributed by atoms with Crippen molar-refractivity contribution in [3.05, 3.63) is 0 Å². The lowest BCUT2D eigenvalue weighted by Crippen LogP contribution is -2.30. The topological polar surface area (TPSA) is 17.1 Å². The molecular weight excluding hydrogens is 198 g/mol. The molecule has 2 aliphatic rings. The molecule has 0 atom stereocenters. The standard InChI is InChI=1S/C12H18F2O/c13-12(14)6-4-10(5-7-12)11(15)8-9-2-1-3-9/h9-10H,1-8H2. The van der Waals surface area contributed by atoms with E-state index in [-0.39, 0.29) is 24.5 Å². The molecule has 86 valence electrons. The summed E-state index contributed by atoms with van der Waals surface area (Å²) in [6, 6.07) is 0. The molecule has 0 N–H and O–H groups in total. The van der Waals surface area contributed by atoms with Crippen molar-refractivity contribution in [3.63, 3.8) is 0 Å². The molecule has 0 saturated heterocycles. The zero-order chi connectivity index (χ0) is 10.9. The zero-order valence-corrected chi connectivity index (χ0v) is 8.98. The molecule has 0 aromatic rings. The van der Waals surface area contributed by atoms with Crippen LogP contribution in [0, 0.1) is 11.8 Å². The van der Waals surface area contributed by atoms with Crippen LogP contribution < -0.4 is 0 Å². The van der Waals surface area contributed by atoms with Gasteiger partial charge in [0.15, 0.2) is 0 Å². The quantitative estimate of drug-likeness (QED) is 0.704. The summed E-state index contributed by atoms with van der Waals surface area (Å²) in [5.74, 6) is -1.76. The minimum Gasteiger partial charge on any atom is -0.299 e. The van der Waals surface area contributed by atoms with E-state index in [2.05, 4.69) is 0 Å². The van der Waals surface area contributed by atoms with Gasteiger partial charge in [0.2, 0.25) is 5.92 Å². The fourth-order valence-corrected chi connectivity index (χ4v) is 2.51. The Bertz CT molecular complexity index is 236. The Morgan fingerprint density at radius 1 is 1.13 bits per heavy atom. The van der Waals surface area contributed by atoms with Crippen LogP contribution in [0.25, 0.3) is 0 Å². The van der Waals surface area contributed by atoms with Crippen LogP contribution in [0.4, 0.5) is 8.78 Å². The number of alkyl halides is 2. The molecule has 0 amide bonds. The van der Waals surface area contributed by atoms with Crippen molar-refractivity contribution < 1.29 is 13.6 Å². The molecule has 3 heteroatoms. The molecule has 0 radical (unpaired) electrons. The molecule has 1 nitrogen and oxygen atoms in total. The van der Waals surface area contributed by atoms with Gasteiger partial charge in [-0.1, -0.05) is 19.3 Å². The van der Waals surface area contributed by atoms with Crippen LogP contribution in [0.3, 0.4) is 0 Å². The van der Waals surface area contributed by atoms with Gasteiger partial charge in [0.25, 0.3) is 0 Å². The van der Waals surface area contributed by atoms with E-state index >= 15 is 0 Å².